The molecule has 4 aliphatic rings. The molecule has 4 aromatic carbocycles. The van der Waals surface area contributed by atoms with Gasteiger partial charge < -0.3 is 58.6 Å². The number of amides is 2. The van der Waals surface area contributed by atoms with Crippen LogP contribution in [-0.2, 0) is 63.6 Å². The number of nitrogens with zero attached hydrogens (tertiary/aromatic N) is 1. The van der Waals surface area contributed by atoms with E-state index in [2.05, 4.69) is 10.6 Å². The van der Waals surface area contributed by atoms with Crippen LogP contribution in [0.15, 0.2) is 136 Å². The summed E-state index contributed by atoms with van der Waals surface area (Å²) in [5, 5.41) is 32.0. The number of nitrogens with one attached hydrogen (secondary N) is 2. The van der Waals surface area contributed by atoms with Gasteiger partial charge >= 0.3 is 35.5 Å². The molecular weight excluding hydrogens is 1090 g/mol. The van der Waals surface area contributed by atoms with Crippen LogP contribution in [0.25, 0.3) is 11.0 Å². The highest BCUT2D eigenvalue weighted by atomic mass is 16.6. The molecule has 2 heterocycles. The van der Waals surface area contributed by atoms with E-state index in [9.17, 15) is 48.6 Å². The number of rotatable bonds is 16. The molecule has 0 radical (unpaired) electrons. The largest absolute Gasteiger partial charge is 0.460 e. The van der Waals surface area contributed by atoms with Gasteiger partial charge in [0.1, 0.15) is 41.6 Å². The quantitative estimate of drug-likeness (QED) is 0.0427. The van der Waals surface area contributed by atoms with Crippen molar-refractivity contribution < 1.29 is 81.4 Å². The average Bonchev–Trinajstić information content (AvgIpc) is 0.759. The summed E-state index contributed by atoms with van der Waals surface area (Å²) in [4.78, 5) is 130. The maximum absolute atomic E-state index is 16.5. The first-order chi connectivity index (χ1) is 39.7. The molecule has 12 atom stereocenters. The predicted octanol–water partition coefficient (Wildman–Crippen LogP) is 5.21. The predicted molar refractivity (Wildman–Crippen MR) is 300 cm³/mol. The van der Waals surface area contributed by atoms with E-state index in [1.165, 1.54) is 52.8 Å². The minimum Gasteiger partial charge on any atom is -0.460 e. The van der Waals surface area contributed by atoms with Gasteiger partial charge in [-0.3, -0.25) is 24.0 Å². The van der Waals surface area contributed by atoms with Crippen molar-refractivity contribution in [2.45, 2.75) is 128 Å². The number of hydrogen-bond donors (Lipinski definition) is 4. The number of benzene rings is 4. The highest BCUT2D eigenvalue weighted by Gasteiger charge is 2.79. The van der Waals surface area contributed by atoms with Crippen molar-refractivity contribution >= 4 is 64.1 Å². The number of ketones is 1. The van der Waals surface area contributed by atoms with E-state index < -0.39 is 143 Å². The summed E-state index contributed by atoms with van der Waals surface area (Å²) >= 11 is 0. The lowest BCUT2D eigenvalue weighted by Gasteiger charge is -2.67. The second-order valence-corrected chi connectivity index (χ2v) is 22.9. The third kappa shape index (κ3) is 11.0. The number of Topliss-reactive ketones (excluding diaryl/α,β-unsaturated/α-hetero) is 1. The highest BCUT2D eigenvalue weighted by Crippen LogP contribution is 2.65. The van der Waals surface area contributed by atoms with E-state index in [1.807, 2.05) is 19.0 Å². The fourth-order valence-corrected chi connectivity index (χ4v) is 12.7. The number of esters is 5. The fourth-order valence-electron chi connectivity index (χ4n) is 12.7. The third-order valence-corrected chi connectivity index (χ3v) is 17.1. The van der Waals surface area contributed by atoms with Gasteiger partial charge in [-0.25, -0.2) is 19.2 Å². The summed E-state index contributed by atoms with van der Waals surface area (Å²) in [6.07, 6.45) is -12.1. The Morgan fingerprint density at radius 3 is 2.00 bits per heavy atom. The fraction of sp³-hybridized carbons (Fsp3) is 0.413. The van der Waals surface area contributed by atoms with Gasteiger partial charge in [0.05, 0.1) is 36.0 Å². The topological polar surface area (TPSA) is 290 Å². The number of aliphatic hydroxyl groups excluding tert-OH is 1. The molecule has 84 heavy (non-hydrogen) atoms. The second kappa shape index (κ2) is 23.3. The molecule has 0 unspecified atom stereocenters. The summed E-state index contributed by atoms with van der Waals surface area (Å²) in [6, 6.07) is 27.3. The standard InChI is InChI=1S/C63H67N3O18/c1-33-44(81-59(76)51(71)50(37-19-13-10-14-20-37)65-56(73)38-21-15-11-16-22-38)31-63(77)55(83-58(75)39-23-17-12-18-24-39)53-61(7,54(72)52(79-35(3)67)49(33)60(63,5)6)45(30-46-62(53,32-78-46)84-36(4)68)82-57(74)34(2)64-47(69)27-40-28-48(70)80-43-29-41(66(8)9)25-26-42(40)43/h10-26,28-29,34,44-46,50-53,55,71,77H,27,30-32H2,1-9H3,(H,64,69)(H,65,73)/t34-,44-,45-,46+,50-,51+,52+,53-,55-,61+,62-,63+/m0/s1. The number of hydrogen-bond acceptors (Lipinski definition) is 19. The SMILES string of the molecule is CC(=O)O[C@H]1C(=O)[C@]2(C)[C@@H](OC(=O)[C@H](C)NC(=O)Cc3cc(=O)oc4cc(N(C)C)ccc34)C[C@H]3OC[C@@]3(OC(C)=O)[C@H]2[C@H](OC(=O)c2ccccc2)[C@]2(O)C[C@H](OC(=O)[C@H](O)[C@@H](NC(=O)c3ccccc3)c3ccccc3)C(C)=C1C2(C)C. The normalized spacial score (nSPS) is 26.8. The Hall–Kier alpha value is -8.53. The summed E-state index contributed by atoms with van der Waals surface area (Å²) in [6.45, 7) is 8.91. The Morgan fingerprint density at radius 1 is 0.774 bits per heavy atom. The van der Waals surface area contributed by atoms with E-state index in [0.717, 1.165) is 19.5 Å². The van der Waals surface area contributed by atoms with Crippen LogP contribution in [0, 0.1) is 16.7 Å². The van der Waals surface area contributed by atoms with Gasteiger partial charge in [-0.05, 0) is 79.4 Å². The monoisotopic (exact) mass is 1150 g/mol. The van der Waals surface area contributed by atoms with Crippen molar-refractivity contribution in [2.24, 2.45) is 16.7 Å². The zero-order valence-corrected chi connectivity index (χ0v) is 47.9. The molecule has 21 heteroatoms. The van der Waals surface area contributed by atoms with Crippen molar-refractivity contribution in [3.63, 3.8) is 0 Å². The number of carbonyl (C=O) groups excluding carboxylic acids is 8. The summed E-state index contributed by atoms with van der Waals surface area (Å²) < 4.78 is 43.0. The number of carbonyl (C=O) groups is 8. The van der Waals surface area contributed by atoms with Gasteiger partial charge in [0, 0.05) is 75.0 Å². The lowest BCUT2D eigenvalue weighted by Crippen LogP contribution is -2.82. The third-order valence-electron chi connectivity index (χ3n) is 17.1. The minimum atomic E-state index is -2.57. The van der Waals surface area contributed by atoms with Crippen LogP contribution in [-0.4, -0.2) is 132 Å². The summed E-state index contributed by atoms with van der Waals surface area (Å²) in [5.41, 5.74) is -7.62. The Morgan fingerprint density at radius 2 is 1.40 bits per heavy atom. The van der Waals surface area contributed by atoms with E-state index in [0.29, 0.717) is 16.5 Å². The van der Waals surface area contributed by atoms with Crippen LogP contribution < -0.4 is 21.2 Å². The van der Waals surface area contributed by atoms with Gasteiger partial charge in [-0.15, -0.1) is 0 Å². The molecular formula is C63H67N3O18. The molecule has 3 fully saturated rings. The molecule has 1 saturated heterocycles. The zero-order chi connectivity index (χ0) is 60.8. The number of aliphatic hydroxyl groups is 2. The molecule has 21 nitrogen and oxygen atoms in total. The second-order valence-electron chi connectivity index (χ2n) is 22.9. The average molecular weight is 1150 g/mol. The lowest BCUT2D eigenvalue weighted by molar-refractivity contribution is -0.346. The Kier molecular flexibility index (Phi) is 16.6. The van der Waals surface area contributed by atoms with Crippen molar-refractivity contribution in [3.05, 3.63) is 159 Å². The van der Waals surface area contributed by atoms with Gasteiger partial charge in [0.25, 0.3) is 5.91 Å². The van der Waals surface area contributed by atoms with Gasteiger partial charge in [0.2, 0.25) is 5.91 Å². The molecule has 0 spiro atoms. The van der Waals surface area contributed by atoms with E-state index >= 15 is 4.79 Å². The first-order valence-electron chi connectivity index (χ1n) is 27.5. The first-order valence-corrected chi connectivity index (χ1v) is 27.5. The van der Waals surface area contributed by atoms with Crippen molar-refractivity contribution in [1.82, 2.24) is 10.6 Å². The first kappa shape index (κ1) is 60.1. The Labute approximate surface area is 483 Å². The molecule has 1 aromatic heterocycles. The van der Waals surface area contributed by atoms with Gasteiger partial charge in [0.15, 0.2) is 23.6 Å². The van der Waals surface area contributed by atoms with E-state index in [4.69, 9.17) is 32.8 Å². The molecule has 5 aromatic rings. The van der Waals surface area contributed by atoms with Crippen LogP contribution in [0.2, 0.25) is 0 Å². The van der Waals surface area contributed by atoms with Crippen LogP contribution >= 0.6 is 0 Å². The van der Waals surface area contributed by atoms with Crippen LogP contribution in [0.1, 0.15) is 99.2 Å². The van der Waals surface area contributed by atoms with Crippen LogP contribution in [0.5, 0.6) is 0 Å². The van der Waals surface area contributed by atoms with Crippen LogP contribution in [0.3, 0.4) is 0 Å². The molecule has 3 aliphatic carbocycles. The molecule has 1 aliphatic heterocycles. The number of ether oxygens (including phenoxy) is 6. The van der Waals surface area contributed by atoms with Gasteiger partial charge in [-0.1, -0.05) is 80.6 Å². The summed E-state index contributed by atoms with van der Waals surface area (Å²) in [7, 11) is 3.62. The lowest BCUT2D eigenvalue weighted by atomic mass is 9.44. The molecule has 442 valence electrons. The number of fused-ring (bicyclic) bond motifs is 6. The Balaban J connectivity index is 1.14. The van der Waals surface area contributed by atoms with Crippen molar-refractivity contribution in [3.8, 4) is 0 Å². The molecule has 9 rings (SSSR count). The molecule has 2 amide bonds. The summed E-state index contributed by atoms with van der Waals surface area (Å²) in [5.74, 6) is -9.35. The maximum Gasteiger partial charge on any atom is 0.338 e. The maximum atomic E-state index is 16.5. The van der Waals surface area contributed by atoms with Gasteiger partial charge in [-0.2, -0.15) is 0 Å². The van der Waals surface area contributed by atoms with Crippen molar-refractivity contribution in [2.75, 3.05) is 25.6 Å². The van der Waals surface area contributed by atoms with Crippen molar-refractivity contribution in [1.29, 1.82) is 0 Å². The van der Waals surface area contributed by atoms with E-state index in [-0.39, 0.29) is 40.7 Å². The molecule has 4 N–H and O–H groups in total. The zero-order valence-electron chi connectivity index (χ0n) is 47.9. The molecule has 2 bridgehead atoms. The Bertz CT molecular complexity index is 3510. The highest BCUT2D eigenvalue weighted by molar-refractivity contribution is 5.97. The smallest absolute Gasteiger partial charge is 0.338 e. The van der Waals surface area contributed by atoms with E-state index in [1.54, 1.807) is 97.1 Å². The minimum absolute atomic E-state index is 0.0147. The number of anilines is 1. The van der Waals surface area contributed by atoms with Crippen LogP contribution in [0.4, 0.5) is 5.69 Å². The molecule has 2 saturated carbocycles.